The van der Waals surface area contributed by atoms with Gasteiger partial charge in [0.15, 0.2) is 5.16 Å². The average molecular weight is 503 g/mol. The van der Waals surface area contributed by atoms with Crippen molar-refractivity contribution < 1.29 is 4.79 Å². The zero-order valence-corrected chi connectivity index (χ0v) is 22.0. The molecule has 0 spiro atoms. The summed E-state index contributed by atoms with van der Waals surface area (Å²) in [4.78, 5) is 31.8. The summed E-state index contributed by atoms with van der Waals surface area (Å²) in [6.45, 7) is 7.39. The van der Waals surface area contributed by atoms with Gasteiger partial charge in [0.2, 0.25) is 0 Å². The molecule has 3 aromatic rings. The second kappa shape index (κ2) is 11.4. The highest BCUT2D eigenvalue weighted by Crippen LogP contribution is 2.28. The summed E-state index contributed by atoms with van der Waals surface area (Å²) in [7, 11) is 4.26. The Hall–Kier alpha value is -2.94. The van der Waals surface area contributed by atoms with Gasteiger partial charge in [-0.05, 0) is 31.8 Å². The molecule has 2 aromatic carbocycles. The lowest BCUT2D eigenvalue weighted by molar-refractivity contribution is 0.0664. The maximum Gasteiger partial charge on any atom is 0.253 e. The van der Waals surface area contributed by atoms with Crippen molar-refractivity contribution in [2.45, 2.75) is 10.9 Å². The SMILES string of the molecule is CN1CCN(C(=O)c2cccc(CSc3nc(-c4ccccc4)cc(N4CCN(C)CC4)n3)c2)CC1. The number of amides is 1. The van der Waals surface area contributed by atoms with Crippen LogP contribution in [0.4, 0.5) is 5.82 Å². The van der Waals surface area contributed by atoms with E-state index >= 15 is 0 Å². The highest BCUT2D eigenvalue weighted by molar-refractivity contribution is 7.98. The molecule has 2 fully saturated rings. The molecule has 2 saturated heterocycles. The standard InChI is InChI=1S/C28H34N6OS/c1-31-11-15-33(16-12-31)26-20-25(23-8-4-3-5-9-23)29-28(30-26)36-21-22-7-6-10-24(19-22)27(35)34-17-13-32(2)14-18-34/h3-10,19-20H,11-18,21H2,1-2H3. The first-order valence-corrected chi connectivity index (χ1v) is 13.6. The second-order valence-electron chi connectivity index (χ2n) is 9.63. The summed E-state index contributed by atoms with van der Waals surface area (Å²) in [5.41, 5.74) is 3.91. The molecule has 0 aliphatic carbocycles. The number of likely N-dealkylation sites (N-methyl/N-ethyl adjacent to an activating group) is 2. The van der Waals surface area contributed by atoms with Crippen LogP contribution in [0.5, 0.6) is 0 Å². The van der Waals surface area contributed by atoms with Crippen LogP contribution in [0.2, 0.25) is 0 Å². The van der Waals surface area contributed by atoms with E-state index in [0.717, 1.165) is 85.7 Å². The van der Waals surface area contributed by atoms with E-state index in [1.54, 1.807) is 11.8 Å². The zero-order chi connectivity index (χ0) is 24.9. The Labute approximate surface area is 218 Å². The van der Waals surface area contributed by atoms with E-state index in [0.29, 0.717) is 5.75 Å². The molecule has 2 aliphatic rings. The molecule has 8 heteroatoms. The van der Waals surface area contributed by atoms with Gasteiger partial charge < -0.3 is 19.6 Å². The highest BCUT2D eigenvalue weighted by atomic mass is 32.2. The van der Waals surface area contributed by atoms with Crippen LogP contribution in [0.25, 0.3) is 11.3 Å². The largest absolute Gasteiger partial charge is 0.354 e. The number of thioether (sulfide) groups is 1. The molecule has 1 aromatic heterocycles. The fourth-order valence-corrected chi connectivity index (χ4v) is 5.36. The normalized spacial score (nSPS) is 17.4. The molecule has 0 bridgehead atoms. The van der Waals surface area contributed by atoms with E-state index in [-0.39, 0.29) is 5.91 Å². The topological polar surface area (TPSA) is 55.8 Å². The van der Waals surface area contributed by atoms with Crippen LogP contribution in [0.3, 0.4) is 0 Å². The van der Waals surface area contributed by atoms with Crippen LogP contribution < -0.4 is 4.90 Å². The fraction of sp³-hybridized carbons (Fsp3) is 0.393. The van der Waals surface area contributed by atoms with Crippen LogP contribution in [0.1, 0.15) is 15.9 Å². The lowest BCUT2D eigenvalue weighted by Crippen LogP contribution is -2.47. The number of aromatic nitrogens is 2. The predicted octanol–water partition coefficient (Wildman–Crippen LogP) is 3.58. The summed E-state index contributed by atoms with van der Waals surface area (Å²) >= 11 is 1.63. The van der Waals surface area contributed by atoms with E-state index in [2.05, 4.69) is 53.1 Å². The number of hydrogen-bond acceptors (Lipinski definition) is 7. The Morgan fingerprint density at radius 3 is 2.22 bits per heavy atom. The molecule has 0 N–H and O–H groups in total. The van der Waals surface area contributed by atoms with Gasteiger partial charge in [-0.25, -0.2) is 9.97 Å². The molecule has 1 amide bonds. The first-order valence-electron chi connectivity index (χ1n) is 12.6. The van der Waals surface area contributed by atoms with Gasteiger partial charge in [-0.1, -0.05) is 54.2 Å². The van der Waals surface area contributed by atoms with Gasteiger partial charge in [0.05, 0.1) is 5.69 Å². The van der Waals surface area contributed by atoms with Crippen LogP contribution in [-0.4, -0.2) is 97.0 Å². The lowest BCUT2D eigenvalue weighted by Gasteiger charge is -2.33. The Kier molecular flexibility index (Phi) is 7.84. The first-order chi connectivity index (χ1) is 17.5. The van der Waals surface area contributed by atoms with Crippen molar-refractivity contribution in [2.24, 2.45) is 0 Å². The molecule has 0 radical (unpaired) electrons. The highest BCUT2D eigenvalue weighted by Gasteiger charge is 2.21. The smallest absolute Gasteiger partial charge is 0.253 e. The fourth-order valence-electron chi connectivity index (χ4n) is 4.57. The minimum absolute atomic E-state index is 0.120. The molecule has 0 atom stereocenters. The number of carbonyl (C=O) groups is 1. The van der Waals surface area contributed by atoms with Crippen molar-refractivity contribution in [3.05, 3.63) is 71.8 Å². The Morgan fingerprint density at radius 1 is 0.806 bits per heavy atom. The van der Waals surface area contributed by atoms with Gasteiger partial charge in [-0.2, -0.15) is 0 Å². The predicted molar refractivity (Wildman–Crippen MR) is 147 cm³/mol. The van der Waals surface area contributed by atoms with Gasteiger partial charge >= 0.3 is 0 Å². The summed E-state index contributed by atoms with van der Waals surface area (Å²) in [5.74, 6) is 1.82. The van der Waals surface area contributed by atoms with Crippen molar-refractivity contribution in [3.8, 4) is 11.3 Å². The first kappa shape index (κ1) is 24.7. The molecule has 0 unspecified atom stereocenters. The molecule has 7 nitrogen and oxygen atoms in total. The lowest BCUT2D eigenvalue weighted by atomic mass is 10.1. The monoisotopic (exact) mass is 502 g/mol. The van der Waals surface area contributed by atoms with Crippen molar-refractivity contribution >= 4 is 23.5 Å². The minimum atomic E-state index is 0.120. The number of piperazine rings is 2. The third-order valence-corrected chi connectivity index (χ3v) is 7.84. The van der Waals surface area contributed by atoms with Crippen LogP contribution in [0.15, 0.2) is 65.8 Å². The molecule has 2 aliphatic heterocycles. The van der Waals surface area contributed by atoms with Gasteiger partial charge in [-0.15, -0.1) is 0 Å². The number of carbonyl (C=O) groups excluding carboxylic acids is 1. The quantitative estimate of drug-likeness (QED) is 0.377. The molecule has 5 rings (SSSR count). The summed E-state index contributed by atoms with van der Waals surface area (Å²) in [6.07, 6.45) is 0. The Balaban J connectivity index is 1.33. The van der Waals surface area contributed by atoms with Gasteiger partial charge in [0.25, 0.3) is 5.91 Å². The number of hydrogen-bond donors (Lipinski definition) is 0. The van der Waals surface area contributed by atoms with Crippen molar-refractivity contribution in [2.75, 3.05) is 71.4 Å². The maximum absolute atomic E-state index is 13.0. The van der Waals surface area contributed by atoms with Gasteiger partial charge in [0, 0.05) is 75.3 Å². The van der Waals surface area contributed by atoms with E-state index in [1.165, 1.54) is 0 Å². The summed E-state index contributed by atoms with van der Waals surface area (Å²) in [5, 5.41) is 0.765. The van der Waals surface area contributed by atoms with Gasteiger partial charge in [0.1, 0.15) is 5.82 Å². The number of benzene rings is 2. The van der Waals surface area contributed by atoms with Crippen LogP contribution in [0, 0.1) is 0 Å². The second-order valence-corrected chi connectivity index (χ2v) is 10.6. The van der Waals surface area contributed by atoms with E-state index in [1.807, 2.05) is 41.3 Å². The molecule has 36 heavy (non-hydrogen) atoms. The third-order valence-electron chi connectivity index (χ3n) is 6.92. The van der Waals surface area contributed by atoms with E-state index < -0.39 is 0 Å². The molecular formula is C28H34N6OS. The molecular weight excluding hydrogens is 468 g/mol. The third kappa shape index (κ3) is 6.06. The Morgan fingerprint density at radius 2 is 1.50 bits per heavy atom. The van der Waals surface area contributed by atoms with Crippen molar-refractivity contribution in [3.63, 3.8) is 0 Å². The van der Waals surface area contributed by atoms with Gasteiger partial charge in [-0.3, -0.25) is 4.79 Å². The number of anilines is 1. The average Bonchev–Trinajstić information content (AvgIpc) is 2.93. The minimum Gasteiger partial charge on any atom is -0.354 e. The van der Waals surface area contributed by atoms with Crippen LogP contribution in [-0.2, 0) is 5.75 Å². The van der Waals surface area contributed by atoms with Crippen molar-refractivity contribution in [1.82, 2.24) is 24.7 Å². The summed E-state index contributed by atoms with van der Waals surface area (Å²) in [6, 6.07) is 20.4. The number of nitrogens with zero attached hydrogens (tertiary/aromatic N) is 6. The maximum atomic E-state index is 13.0. The molecule has 3 heterocycles. The van der Waals surface area contributed by atoms with E-state index in [4.69, 9.17) is 9.97 Å². The van der Waals surface area contributed by atoms with E-state index in [9.17, 15) is 4.79 Å². The summed E-state index contributed by atoms with van der Waals surface area (Å²) < 4.78 is 0. The van der Waals surface area contributed by atoms with Crippen molar-refractivity contribution in [1.29, 1.82) is 0 Å². The Bertz CT molecular complexity index is 1170. The molecule has 0 saturated carbocycles. The van der Waals surface area contributed by atoms with Crippen LogP contribution >= 0.6 is 11.8 Å². The zero-order valence-electron chi connectivity index (χ0n) is 21.1. The number of rotatable bonds is 6. The molecule has 188 valence electrons.